The Hall–Kier alpha value is -1.12. The topological polar surface area (TPSA) is 26.0 Å². The Morgan fingerprint density at radius 3 is 2.17 bits per heavy atom. The lowest BCUT2D eigenvalue weighted by Gasteiger charge is -2.09. The van der Waals surface area contributed by atoms with Gasteiger partial charge in [-0.3, -0.25) is 0 Å². The fraction of sp³-hybridized carbons (Fsp3) is 0.333. The molecule has 0 unspecified atom stereocenters. The second kappa shape index (κ2) is 3.09. The van der Waals surface area contributed by atoms with E-state index in [1.165, 1.54) is 0 Å². The molecule has 0 radical (unpaired) electrons. The molecule has 0 aromatic heterocycles. The summed E-state index contributed by atoms with van der Waals surface area (Å²) in [5, 5.41) is 0. The molecule has 0 amide bonds. The van der Waals surface area contributed by atoms with Crippen LogP contribution in [0.1, 0.15) is 25.3 Å². The highest BCUT2D eigenvalue weighted by atomic mass is 19.2. The second-order valence-corrected chi connectivity index (χ2v) is 3.05. The highest BCUT2D eigenvalue weighted by Gasteiger charge is 2.09. The van der Waals surface area contributed by atoms with E-state index in [9.17, 15) is 8.78 Å². The molecule has 0 heterocycles. The predicted molar refractivity (Wildman–Crippen MR) is 44.9 cm³/mol. The largest absolute Gasteiger partial charge is 0.398 e. The molecule has 1 rings (SSSR count). The van der Waals surface area contributed by atoms with Crippen LogP contribution < -0.4 is 5.73 Å². The van der Waals surface area contributed by atoms with Gasteiger partial charge in [0.25, 0.3) is 0 Å². The van der Waals surface area contributed by atoms with Crippen LogP contribution in [0.25, 0.3) is 0 Å². The lowest BCUT2D eigenvalue weighted by atomic mass is 10.0. The first-order valence-electron chi connectivity index (χ1n) is 3.76. The number of nitrogen functional groups attached to an aromatic ring is 1. The molecule has 1 nitrogen and oxygen atoms in total. The first kappa shape index (κ1) is 8.97. The van der Waals surface area contributed by atoms with Crippen molar-refractivity contribution < 1.29 is 8.78 Å². The normalized spacial score (nSPS) is 10.8. The average Bonchev–Trinajstić information content (AvgIpc) is 1.96. The Morgan fingerprint density at radius 1 is 1.17 bits per heavy atom. The zero-order valence-electron chi connectivity index (χ0n) is 7.07. The highest BCUT2D eigenvalue weighted by Crippen LogP contribution is 2.23. The number of nitrogens with two attached hydrogens (primary N) is 1. The van der Waals surface area contributed by atoms with Crippen LogP contribution in [-0.4, -0.2) is 0 Å². The van der Waals surface area contributed by atoms with Crippen LogP contribution in [0.2, 0.25) is 0 Å². The van der Waals surface area contributed by atoms with Crippen LogP contribution >= 0.6 is 0 Å². The summed E-state index contributed by atoms with van der Waals surface area (Å²) in [6.45, 7) is 3.76. The van der Waals surface area contributed by atoms with Crippen molar-refractivity contribution in [3.8, 4) is 0 Å². The van der Waals surface area contributed by atoms with Crippen molar-refractivity contribution in [2.24, 2.45) is 0 Å². The maximum atomic E-state index is 12.7. The first-order valence-corrected chi connectivity index (χ1v) is 3.76. The van der Waals surface area contributed by atoms with Gasteiger partial charge in [-0.15, -0.1) is 0 Å². The SMILES string of the molecule is CC(C)c1cc(F)c(F)cc1N. The Labute approximate surface area is 70.2 Å². The Kier molecular flexibility index (Phi) is 2.31. The minimum Gasteiger partial charge on any atom is -0.398 e. The van der Waals surface area contributed by atoms with E-state index < -0.39 is 11.6 Å². The van der Waals surface area contributed by atoms with Gasteiger partial charge in [0.2, 0.25) is 0 Å². The van der Waals surface area contributed by atoms with Crippen molar-refractivity contribution in [1.82, 2.24) is 0 Å². The number of hydrogen-bond donors (Lipinski definition) is 1. The van der Waals surface area contributed by atoms with Crippen molar-refractivity contribution in [3.05, 3.63) is 29.3 Å². The molecule has 66 valence electrons. The van der Waals surface area contributed by atoms with E-state index in [4.69, 9.17) is 5.73 Å². The average molecular weight is 171 g/mol. The molecule has 0 saturated heterocycles. The summed E-state index contributed by atoms with van der Waals surface area (Å²) in [4.78, 5) is 0. The van der Waals surface area contributed by atoms with E-state index in [-0.39, 0.29) is 5.92 Å². The van der Waals surface area contributed by atoms with Gasteiger partial charge in [0.15, 0.2) is 11.6 Å². The molecule has 0 spiro atoms. The van der Waals surface area contributed by atoms with Crippen molar-refractivity contribution >= 4 is 5.69 Å². The third kappa shape index (κ3) is 1.55. The molecule has 0 saturated carbocycles. The smallest absolute Gasteiger partial charge is 0.160 e. The Balaban J connectivity index is 3.23. The van der Waals surface area contributed by atoms with Gasteiger partial charge in [-0.2, -0.15) is 0 Å². The molecule has 0 aliphatic rings. The van der Waals surface area contributed by atoms with Gasteiger partial charge in [-0.25, -0.2) is 8.78 Å². The molecular weight excluding hydrogens is 160 g/mol. The van der Waals surface area contributed by atoms with Crippen molar-refractivity contribution in [3.63, 3.8) is 0 Å². The number of halogens is 2. The first-order chi connectivity index (χ1) is 5.52. The molecule has 0 atom stereocenters. The molecule has 1 aromatic carbocycles. The molecule has 12 heavy (non-hydrogen) atoms. The summed E-state index contributed by atoms with van der Waals surface area (Å²) in [6, 6.07) is 2.17. The summed E-state index contributed by atoms with van der Waals surface area (Å²) >= 11 is 0. The fourth-order valence-electron chi connectivity index (χ4n) is 1.08. The summed E-state index contributed by atoms with van der Waals surface area (Å²) in [5.74, 6) is -1.62. The van der Waals surface area contributed by atoms with Gasteiger partial charge in [0.1, 0.15) is 0 Å². The third-order valence-electron chi connectivity index (χ3n) is 1.75. The summed E-state index contributed by atoms with van der Waals surface area (Å²) < 4.78 is 25.3. The fourth-order valence-corrected chi connectivity index (χ4v) is 1.08. The molecule has 1 aromatic rings. The summed E-state index contributed by atoms with van der Waals surface area (Å²) in [6.07, 6.45) is 0. The van der Waals surface area contributed by atoms with Crippen LogP contribution in [0.5, 0.6) is 0 Å². The van der Waals surface area contributed by atoms with E-state index in [2.05, 4.69) is 0 Å². The van der Waals surface area contributed by atoms with Crippen molar-refractivity contribution in [2.75, 3.05) is 5.73 Å². The van der Waals surface area contributed by atoms with Gasteiger partial charge in [0, 0.05) is 11.8 Å². The number of rotatable bonds is 1. The third-order valence-corrected chi connectivity index (χ3v) is 1.75. The minimum absolute atomic E-state index is 0.111. The molecule has 3 heteroatoms. The monoisotopic (exact) mass is 171 g/mol. The maximum Gasteiger partial charge on any atom is 0.160 e. The van der Waals surface area contributed by atoms with Crippen LogP contribution in [0.4, 0.5) is 14.5 Å². The molecule has 0 aliphatic heterocycles. The summed E-state index contributed by atoms with van der Waals surface area (Å²) in [7, 11) is 0. The van der Waals surface area contributed by atoms with Crippen LogP contribution in [-0.2, 0) is 0 Å². The van der Waals surface area contributed by atoms with Gasteiger partial charge in [0.05, 0.1) is 0 Å². The zero-order chi connectivity index (χ0) is 9.30. The van der Waals surface area contributed by atoms with Crippen LogP contribution in [0.15, 0.2) is 12.1 Å². The molecule has 2 N–H and O–H groups in total. The minimum atomic E-state index is -0.892. The van der Waals surface area contributed by atoms with E-state index in [0.29, 0.717) is 11.3 Å². The van der Waals surface area contributed by atoms with Gasteiger partial charge < -0.3 is 5.73 Å². The van der Waals surface area contributed by atoms with Gasteiger partial charge >= 0.3 is 0 Å². The van der Waals surface area contributed by atoms with Crippen molar-refractivity contribution in [1.29, 1.82) is 0 Å². The summed E-state index contributed by atoms with van der Waals surface area (Å²) in [5.41, 5.74) is 6.44. The highest BCUT2D eigenvalue weighted by molar-refractivity contribution is 5.48. The lowest BCUT2D eigenvalue weighted by Crippen LogP contribution is -1.99. The molecular formula is C9H11F2N. The molecule has 0 aliphatic carbocycles. The standard InChI is InChI=1S/C9H11F2N/c1-5(2)6-3-7(10)8(11)4-9(6)12/h3-5H,12H2,1-2H3. The number of benzene rings is 1. The van der Waals surface area contributed by atoms with Crippen molar-refractivity contribution in [2.45, 2.75) is 19.8 Å². The van der Waals surface area contributed by atoms with E-state index in [1.807, 2.05) is 13.8 Å². The van der Waals surface area contributed by atoms with E-state index >= 15 is 0 Å². The Morgan fingerprint density at radius 2 is 1.67 bits per heavy atom. The van der Waals surface area contributed by atoms with E-state index in [0.717, 1.165) is 12.1 Å². The van der Waals surface area contributed by atoms with Gasteiger partial charge in [-0.1, -0.05) is 13.8 Å². The van der Waals surface area contributed by atoms with Gasteiger partial charge in [-0.05, 0) is 17.5 Å². The van der Waals surface area contributed by atoms with Crippen LogP contribution in [0, 0.1) is 11.6 Å². The van der Waals surface area contributed by atoms with Crippen LogP contribution in [0.3, 0.4) is 0 Å². The lowest BCUT2D eigenvalue weighted by molar-refractivity contribution is 0.507. The predicted octanol–water partition coefficient (Wildman–Crippen LogP) is 2.67. The second-order valence-electron chi connectivity index (χ2n) is 3.05. The quantitative estimate of drug-likeness (QED) is 0.646. The Bertz CT molecular complexity index is 295. The van der Waals surface area contributed by atoms with E-state index in [1.54, 1.807) is 0 Å². The molecule has 0 fully saturated rings. The number of hydrogen-bond acceptors (Lipinski definition) is 1. The zero-order valence-corrected chi connectivity index (χ0v) is 7.07. The number of anilines is 1. The molecule has 0 bridgehead atoms. The maximum absolute atomic E-state index is 12.7.